The molecule has 1 atom stereocenters. The Balaban J connectivity index is 2.52. The molecule has 1 aromatic heterocycles. The molecule has 0 aliphatic rings. The van der Waals surface area contributed by atoms with Crippen molar-refractivity contribution in [2.75, 3.05) is 6.61 Å². The minimum Gasteiger partial charge on any atom is -0.477 e. The fourth-order valence-electron chi connectivity index (χ4n) is 1.45. The van der Waals surface area contributed by atoms with Gasteiger partial charge in [-0.05, 0) is 46.8 Å². The van der Waals surface area contributed by atoms with E-state index in [1.54, 1.807) is 20.0 Å². The zero-order valence-corrected chi connectivity index (χ0v) is 12.9. The highest BCUT2D eigenvalue weighted by molar-refractivity contribution is 5.74. The number of hydrogen-bond donors (Lipinski definition) is 1. The molecule has 1 heterocycles. The Bertz CT molecular complexity index is 424. The molecule has 0 radical (unpaired) electrons. The fourth-order valence-corrected chi connectivity index (χ4v) is 1.45. The highest BCUT2D eigenvalue weighted by atomic mass is 16.6. The van der Waals surface area contributed by atoms with Crippen LogP contribution in [0.15, 0.2) is 18.3 Å². The van der Waals surface area contributed by atoms with Crippen LogP contribution in [0.1, 0.15) is 40.3 Å². The molecule has 0 fully saturated rings. The first-order valence-electron chi connectivity index (χ1n) is 6.85. The van der Waals surface area contributed by atoms with E-state index in [4.69, 9.17) is 9.47 Å². The molecule has 0 aromatic carbocycles. The van der Waals surface area contributed by atoms with Crippen LogP contribution < -0.4 is 10.1 Å². The molecule has 0 bridgehead atoms. The summed E-state index contributed by atoms with van der Waals surface area (Å²) in [6.07, 6.45) is 0.991. The van der Waals surface area contributed by atoms with Crippen LogP contribution in [0.3, 0.4) is 0 Å². The molecule has 0 saturated heterocycles. The highest BCUT2D eigenvalue weighted by Crippen LogP contribution is 2.12. The quantitative estimate of drug-likeness (QED) is 0.810. The lowest BCUT2D eigenvalue weighted by atomic mass is 10.1. The zero-order chi connectivity index (χ0) is 15.2. The lowest BCUT2D eigenvalue weighted by Gasteiger charge is -2.20. The maximum Gasteiger partial charge on any atom is 0.347 e. The molecule has 0 saturated carbocycles. The van der Waals surface area contributed by atoms with E-state index in [0.717, 1.165) is 5.69 Å². The molecule has 1 aromatic rings. The van der Waals surface area contributed by atoms with Gasteiger partial charge in [-0.1, -0.05) is 0 Å². The first-order chi connectivity index (χ1) is 9.31. The molecule has 5 heteroatoms. The minimum absolute atomic E-state index is 0.0509. The van der Waals surface area contributed by atoms with E-state index in [2.05, 4.69) is 31.1 Å². The Labute approximate surface area is 120 Å². The summed E-state index contributed by atoms with van der Waals surface area (Å²) in [7, 11) is 0. The van der Waals surface area contributed by atoms with Gasteiger partial charge in [-0.25, -0.2) is 4.79 Å². The molecule has 112 valence electrons. The van der Waals surface area contributed by atoms with Gasteiger partial charge in [0.1, 0.15) is 5.75 Å². The third-order valence-electron chi connectivity index (χ3n) is 2.53. The van der Waals surface area contributed by atoms with Gasteiger partial charge in [-0.3, -0.25) is 4.98 Å². The van der Waals surface area contributed by atoms with Gasteiger partial charge in [-0.2, -0.15) is 0 Å². The number of rotatable bonds is 6. The molecule has 1 rings (SSSR count). The zero-order valence-electron chi connectivity index (χ0n) is 12.9. The Morgan fingerprint density at radius 1 is 1.40 bits per heavy atom. The molecule has 0 aliphatic carbocycles. The van der Waals surface area contributed by atoms with Gasteiger partial charge in [0.05, 0.1) is 18.5 Å². The second kappa shape index (κ2) is 7.24. The maximum absolute atomic E-state index is 11.4. The fraction of sp³-hybridized carbons (Fsp3) is 0.600. The Hall–Kier alpha value is -1.62. The van der Waals surface area contributed by atoms with Crippen LogP contribution in [0.25, 0.3) is 0 Å². The monoisotopic (exact) mass is 280 g/mol. The summed E-state index contributed by atoms with van der Waals surface area (Å²) in [6, 6.07) is 3.69. The summed E-state index contributed by atoms with van der Waals surface area (Å²) < 4.78 is 10.4. The van der Waals surface area contributed by atoms with Crippen molar-refractivity contribution in [2.45, 2.75) is 52.8 Å². The summed E-state index contributed by atoms with van der Waals surface area (Å²) >= 11 is 0. The predicted molar refractivity (Wildman–Crippen MR) is 77.6 cm³/mol. The number of ether oxygens (including phenoxy) is 2. The van der Waals surface area contributed by atoms with Crippen molar-refractivity contribution < 1.29 is 14.3 Å². The SMILES string of the molecule is CCOC(=O)C(C)Oc1ccc(CNC(C)(C)C)nc1. The lowest BCUT2D eigenvalue weighted by Crippen LogP contribution is -2.35. The van der Waals surface area contributed by atoms with Crippen molar-refractivity contribution in [1.29, 1.82) is 0 Å². The van der Waals surface area contributed by atoms with Crippen LogP contribution in [0, 0.1) is 0 Å². The van der Waals surface area contributed by atoms with Crippen molar-refractivity contribution in [3.63, 3.8) is 0 Å². The number of esters is 1. The first-order valence-corrected chi connectivity index (χ1v) is 6.85. The molecule has 5 nitrogen and oxygen atoms in total. The third kappa shape index (κ3) is 6.02. The number of pyridine rings is 1. The van der Waals surface area contributed by atoms with Crippen LogP contribution in [-0.2, 0) is 16.1 Å². The van der Waals surface area contributed by atoms with Crippen molar-refractivity contribution >= 4 is 5.97 Å². The van der Waals surface area contributed by atoms with Gasteiger partial charge in [0.25, 0.3) is 0 Å². The maximum atomic E-state index is 11.4. The number of carbonyl (C=O) groups excluding carboxylic acids is 1. The van der Waals surface area contributed by atoms with Gasteiger partial charge >= 0.3 is 5.97 Å². The number of hydrogen-bond acceptors (Lipinski definition) is 5. The second-order valence-electron chi connectivity index (χ2n) is 5.60. The first kappa shape index (κ1) is 16.4. The van der Waals surface area contributed by atoms with Crippen LogP contribution >= 0.6 is 0 Å². The second-order valence-corrected chi connectivity index (χ2v) is 5.60. The molecule has 0 spiro atoms. The number of nitrogens with one attached hydrogen (secondary N) is 1. The smallest absolute Gasteiger partial charge is 0.347 e. The molecule has 1 N–H and O–H groups in total. The molecule has 20 heavy (non-hydrogen) atoms. The van der Waals surface area contributed by atoms with Crippen LogP contribution in [0.5, 0.6) is 5.75 Å². The third-order valence-corrected chi connectivity index (χ3v) is 2.53. The summed E-state index contributed by atoms with van der Waals surface area (Å²) in [5.41, 5.74) is 0.978. The minimum atomic E-state index is -0.629. The summed E-state index contributed by atoms with van der Waals surface area (Å²) in [6.45, 7) is 10.8. The predicted octanol–water partition coefficient (Wildman–Crippen LogP) is 2.30. The van der Waals surface area contributed by atoms with E-state index in [1.165, 1.54) is 0 Å². The van der Waals surface area contributed by atoms with E-state index in [1.807, 2.05) is 12.1 Å². The standard InChI is InChI=1S/C15H24N2O3/c1-6-19-14(18)11(2)20-13-8-7-12(16-10-13)9-17-15(3,4)5/h7-8,10-11,17H,6,9H2,1-5H3. The topological polar surface area (TPSA) is 60.5 Å². The summed E-state index contributed by atoms with van der Waals surface area (Å²) in [5.74, 6) is 0.191. The number of nitrogens with zero attached hydrogens (tertiary/aromatic N) is 1. The van der Waals surface area contributed by atoms with E-state index in [-0.39, 0.29) is 11.5 Å². The van der Waals surface area contributed by atoms with E-state index in [9.17, 15) is 4.79 Å². The number of carbonyl (C=O) groups is 1. The van der Waals surface area contributed by atoms with Crippen molar-refractivity contribution in [2.24, 2.45) is 0 Å². The molecular weight excluding hydrogens is 256 g/mol. The molecule has 0 aliphatic heterocycles. The van der Waals surface area contributed by atoms with E-state index in [0.29, 0.717) is 18.9 Å². The van der Waals surface area contributed by atoms with E-state index < -0.39 is 6.10 Å². The van der Waals surface area contributed by atoms with Gasteiger partial charge in [0.15, 0.2) is 6.10 Å². The summed E-state index contributed by atoms with van der Waals surface area (Å²) in [5, 5.41) is 3.36. The van der Waals surface area contributed by atoms with Gasteiger partial charge in [-0.15, -0.1) is 0 Å². The number of aromatic nitrogens is 1. The Kier molecular flexibility index (Phi) is 5.95. The van der Waals surface area contributed by atoms with Crippen molar-refractivity contribution in [1.82, 2.24) is 10.3 Å². The largest absolute Gasteiger partial charge is 0.477 e. The summed E-state index contributed by atoms with van der Waals surface area (Å²) in [4.78, 5) is 15.8. The van der Waals surface area contributed by atoms with E-state index >= 15 is 0 Å². The van der Waals surface area contributed by atoms with Crippen molar-refractivity contribution in [3.8, 4) is 5.75 Å². The average Bonchev–Trinajstić information content (AvgIpc) is 2.37. The van der Waals surface area contributed by atoms with Crippen LogP contribution in [0.2, 0.25) is 0 Å². The van der Waals surface area contributed by atoms with Gasteiger partial charge in [0, 0.05) is 12.1 Å². The van der Waals surface area contributed by atoms with Gasteiger partial charge in [0.2, 0.25) is 0 Å². The van der Waals surface area contributed by atoms with Gasteiger partial charge < -0.3 is 14.8 Å². The lowest BCUT2D eigenvalue weighted by molar-refractivity contribution is -0.150. The van der Waals surface area contributed by atoms with Crippen LogP contribution in [-0.4, -0.2) is 29.2 Å². The molecule has 1 unspecified atom stereocenters. The normalized spacial score (nSPS) is 12.8. The average molecular weight is 280 g/mol. The van der Waals surface area contributed by atoms with Crippen molar-refractivity contribution in [3.05, 3.63) is 24.0 Å². The molecule has 0 amide bonds. The van der Waals surface area contributed by atoms with Crippen LogP contribution in [0.4, 0.5) is 0 Å². The highest BCUT2D eigenvalue weighted by Gasteiger charge is 2.15. The Morgan fingerprint density at radius 2 is 2.10 bits per heavy atom. The molecular formula is C15H24N2O3. The Morgan fingerprint density at radius 3 is 2.60 bits per heavy atom.